The van der Waals surface area contributed by atoms with Crippen molar-refractivity contribution in [1.29, 1.82) is 0 Å². The third-order valence-corrected chi connectivity index (χ3v) is 3.52. The van der Waals surface area contributed by atoms with Gasteiger partial charge in [-0.3, -0.25) is 9.69 Å². The van der Waals surface area contributed by atoms with Crippen LogP contribution in [-0.4, -0.2) is 58.1 Å². The minimum atomic E-state index is 0.180. The number of carbonyl (C=O) groups is 1. The van der Waals surface area contributed by atoms with E-state index in [-0.39, 0.29) is 5.91 Å². The van der Waals surface area contributed by atoms with Gasteiger partial charge in [0, 0.05) is 45.1 Å². The normalized spacial score (nSPS) is 17.2. The highest BCUT2D eigenvalue weighted by molar-refractivity contribution is 5.76. The maximum atomic E-state index is 12.1. The first-order valence-corrected chi connectivity index (χ1v) is 6.87. The quantitative estimate of drug-likeness (QED) is 0.809. The van der Waals surface area contributed by atoms with Crippen molar-refractivity contribution in [1.82, 2.24) is 19.9 Å². The van der Waals surface area contributed by atoms with Gasteiger partial charge in [-0.1, -0.05) is 5.16 Å². The molecule has 1 aromatic rings. The summed E-state index contributed by atoms with van der Waals surface area (Å²) in [6.07, 6.45) is 0.980. The number of aromatic nitrogens is 2. The fraction of sp³-hybridized carbons (Fsp3) is 0.769. The molecule has 0 bridgehead atoms. The number of nitrogens with zero attached hydrogens (tertiary/aromatic N) is 4. The number of hydrogen-bond donors (Lipinski definition) is 0. The third kappa shape index (κ3) is 3.76. The van der Waals surface area contributed by atoms with Gasteiger partial charge < -0.3 is 9.42 Å². The Morgan fingerprint density at radius 2 is 2.00 bits per heavy atom. The lowest BCUT2D eigenvalue weighted by atomic mass is 10.2. The number of amides is 1. The second-order valence-corrected chi connectivity index (χ2v) is 5.25. The van der Waals surface area contributed by atoms with E-state index >= 15 is 0 Å². The zero-order valence-corrected chi connectivity index (χ0v) is 11.9. The van der Waals surface area contributed by atoms with Crippen molar-refractivity contribution in [2.75, 3.05) is 26.2 Å². The molecule has 0 radical (unpaired) electrons. The highest BCUT2D eigenvalue weighted by Gasteiger charge is 2.22. The van der Waals surface area contributed by atoms with E-state index in [9.17, 15) is 4.79 Å². The van der Waals surface area contributed by atoms with Crippen LogP contribution in [0.5, 0.6) is 0 Å². The molecular formula is C13H22N4O2. The smallest absolute Gasteiger partial charge is 0.227 e. The Balaban J connectivity index is 1.75. The van der Waals surface area contributed by atoms with Crippen molar-refractivity contribution in [3.63, 3.8) is 0 Å². The molecule has 0 aromatic carbocycles. The molecule has 0 aliphatic carbocycles. The van der Waals surface area contributed by atoms with Crippen molar-refractivity contribution in [3.05, 3.63) is 11.7 Å². The number of piperazine rings is 1. The van der Waals surface area contributed by atoms with Gasteiger partial charge in [0.25, 0.3) is 0 Å². The first kappa shape index (κ1) is 14.0. The molecule has 1 aliphatic heterocycles. The van der Waals surface area contributed by atoms with Gasteiger partial charge in [0.2, 0.25) is 11.8 Å². The van der Waals surface area contributed by atoms with Crippen LogP contribution >= 0.6 is 0 Å². The Bertz CT molecular complexity index is 422. The van der Waals surface area contributed by atoms with Crippen molar-refractivity contribution in [2.24, 2.45) is 0 Å². The average Bonchev–Trinajstić information content (AvgIpc) is 2.82. The summed E-state index contributed by atoms with van der Waals surface area (Å²) in [5.41, 5.74) is 0. The van der Waals surface area contributed by atoms with Gasteiger partial charge in [-0.2, -0.15) is 4.98 Å². The molecule has 0 spiro atoms. The van der Waals surface area contributed by atoms with Crippen LogP contribution in [-0.2, 0) is 11.2 Å². The lowest BCUT2D eigenvalue weighted by molar-refractivity contribution is -0.133. The topological polar surface area (TPSA) is 62.5 Å². The first-order valence-electron chi connectivity index (χ1n) is 6.87. The summed E-state index contributed by atoms with van der Waals surface area (Å²) < 4.78 is 5.01. The second-order valence-electron chi connectivity index (χ2n) is 5.25. The molecule has 1 amide bonds. The average molecular weight is 266 g/mol. The van der Waals surface area contributed by atoms with Crippen LogP contribution in [0, 0.1) is 6.92 Å². The molecule has 1 aliphatic rings. The van der Waals surface area contributed by atoms with Crippen LogP contribution in [0.15, 0.2) is 4.52 Å². The molecule has 6 heteroatoms. The van der Waals surface area contributed by atoms with Crippen molar-refractivity contribution >= 4 is 5.91 Å². The predicted octanol–water partition coefficient (Wildman–Crippen LogP) is 0.863. The zero-order chi connectivity index (χ0) is 13.8. The van der Waals surface area contributed by atoms with Crippen molar-refractivity contribution in [2.45, 2.75) is 39.7 Å². The molecular weight excluding hydrogens is 244 g/mol. The van der Waals surface area contributed by atoms with E-state index in [2.05, 4.69) is 28.9 Å². The van der Waals surface area contributed by atoms with Gasteiger partial charge >= 0.3 is 0 Å². The first-order chi connectivity index (χ1) is 9.06. The van der Waals surface area contributed by atoms with Crippen LogP contribution in [0.2, 0.25) is 0 Å². The molecule has 6 nitrogen and oxygen atoms in total. The van der Waals surface area contributed by atoms with Gasteiger partial charge in [-0.15, -0.1) is 0 Å². The van der Waals surface area contributed by atoms with Crippen molar-refractivity contribution < 1.29 is 9.32 Å². The molecule has 19 heavy (non-hydrogen) atoms. The maximum absolute atomic E-state index is 12.1. The lowest BCUT2D eigenvalue weighted by Crippen LogP contribution is -2.50. The van der Waals surface area contributed by atoms with Gasteiger partial charge in [-0.25, -0.2) is 0 Å². The Morgan fingerprint density at radius 3 is 2.53 bits per heavy atom. The fourth-order valence-corrected chi connectivity index (χ4v) is 2.30. The Morgan fingerprint density at radius 1 is 1.32 bits per heavy atom. The van der Waals surface area contributed by atoms with Crippen LogP contribution in [0.4, 0.5) is 0 Å². The largest absolute Gasteiger partial charge is 0.340 e. The molecule has 1 aromatic heterocycles. The van der Waals surface area contributed by atoms with Crippen LogP contribution < -0.4 is 0 Å². The van der Waals surface area contributed by atoms with E-state index in [1.165, 1.54) is 0 Å². The third-order valence-electron chi connectivity index (χ3n) is 3.52. The lowest BCUT2D eigenvalue weighted by Gasteiger charge is -2.36. The van der Waals surface area contributed by atoms with E-state index in [1.54, 1.807) is 6.92 Å². The number of carbonyl (C=O) groups excluding carboxylic acids is 1. The monoisotopic (exact) mass is 266 g/mol. The summed E-state index contributed by atoms with van der Waals surface area (Å²) in [5, 5.41) is 3.72. The molecule has 0 unspecified atom stereocenters. The van der Waals surface area contributed by atoms with Gasteiger partial charge in [0.05, 0.1) is 0 Å². The summed E-state index contributed by atoms with van der Waals surface area (Å²) in [6.45, 7) is 9.72. The Kier molecular flexibility index (Phi) is 4.52. The molecule has 0 saturated carbocycles. The van der Waals surface area contributed by atoms with E-state index < -0.39 is 0 Å². The minimum Gasteiger partial charge on any atom is -0.340 e. The summed E-state index contributed by atoms with van der Waals surface area (Å²) in [5.74, 6) is 1.35. The highest BCUT2D eigenvalue weighted by atomic mass is 16.5. The molecule has 2 rings (SSSR count). The second kappa shape index (κ2) is 6.14. The number of rotatable bonds is 4. The predicted molar refractivity (Wildman–Crippen MR) is 70.6 cm³/mol. The van der Waals surface area contributed by atoms with Crippen LogP contribution in [0.1, 0.15) is 32.0 Å². The minimum absolute atomic E-state index is 0.180. The standard InChI is InChI=1S/C13H22N4O2/c1-10(2)16-6-8-17(9-7-16)13(18)5-4-12-14-11(3)15-19-12/h10H,4-9H2,1-3H3. The van der Waals surface area contributed by atoms with E-state index in [0.717, 1.165) is 26.2 Å². The van der Waals surface area contributed by atoms with Crippen LogP contribution in [0.3, 0.4) is 0 Å². The van der Waals surface area contributed by atoms with E-state index in [1.807, 2.05) is 4.90 Å². The molecule has 1 saturated heterocycles. The summed E-state index contributed by atoms with van der Waals surface area (Å²) in [4.78, 5) is 20.5. The van der Waals surface area contributed by atoms with E-state index in [0.29, 0.717) is 30.6 Å². The number of aryl methyl sites for hydroxylation is 2. The van der Waals surface area contributed by atoms with E-state index in [4.69, 9.17) is 4.52 Å². The van der Waals surface area contributed by atoms with Gasteiger partial charge in [0.1, 0.15) is 0 Å². The summed E-state index contributed by atoms with van der Waals surface area (Å²) >= 11 is 0. The highest BCUT2D eigenvalue weighted by Crippen LogP contribution is 2.09. The van der Waals surface area contributed by atoms with Gasteiger partial charge in [-0.05, 0) is 20.8 Å². The molecule has 106 valence electrons. The molecule has 2 heterocycles. The fourth-order valence-electron chi connectivity index (χ4n) is 2.30. The molecule has 1 fully saturated rings. The summed E-state index contributed by atoms with van der Waals surface area (Å²) in [7, 11) is 0. The van der Waals surface area contributed by atoms with Crippen LogP contribution in [0.25, 0.3) is 0 Å². The zero-order valence-electron chi connectivity index (χ0n) is 11.9. The maximum Gasteiger partial charge on any atom is 0.227 e. The summed E-state index contributed by atoms with van der Waals surface area (Å²) in [6, 6.07) is 0.554. The SMILES string of the molecule is Cc1noc(CCC(=O)N2CCN(C(C)C)CC2)n1. The molecule has 0 N–H and O–H groups in total. The van der Waals surface area contributed by atoms with Gasteiger partial charge in [0.15, 0.2) is 5.82 Å². The van der Waals surface area contributed by atoms with Crippen molar-refractivity contribution in [3.8, 4) is 0 Å². The Hall–Kier alpha value is -1.43. The Labute approximate surface area is 113 Å². The number of hydrogen-bond acceptors (Lipinski definition) is 5. The molecule has 0 atom stereocenters.